The highest BCUT2D eigenvalue weighted by Crippen LogP contribution is 2.25. The first-order valence-corrected chi connectivity index (χ1v) is 6.71. The maximum Gasteiger partial charge on any atom is 0.322 e. The first kappa shape index (κ1) is 15.5. The number of imidazole rings is 1. The number of benzene rings is 1. The number of hydrogen-bond acceptors (Lipinski definition) is 5. The molecule has 0 radical (unpaired) electrons. The number of carboxylic acid groups (broad SMARTS) is 1. The summed E-state index contributed by atoms with van der Waals surface area (Å²) in [6, 6.07) is 3.68. The Morgan fingerprint density at radius 2 is 2.08 bits per heavy atom. The molecular formula is C14H11FN4O5. The van der Waals surface area contributed by atoms with E-state index in [4.69, 9.17) is 5.11 Å². The second-order valence-electron chi connectivity index (χ2n) is 5.01. The van der Waals surface area contributed by atoms with Crippen molar-refractivity contribution in [2.45, 2.75) is 0 Å². The average molecular weight is 334 g/mol. The van der Waals surface area contributed by atoms with E-state index in [9.17, 15) is 23.9 Å². The molecule has 0 saturated heterocycles. The molecule has 0 aliphatic rings. The summed E-state index contributed by atoms with van der Waals surface area (Å²) in [7, 11) is 1.31. The van der Waals surface area contributed by atoms with Crippen LogP contribution >= 0.6 is 0 Å². The third-order valence-corrected chi connectivity index (χ3v) is 3.48. The van der Waals surface area contributed by atoms with Gasteiger partial charge in [-0.2, -0.15) is 0 Å². The second-order valence-corrected chi connectivity index (χ2v) is 5.01. The third kappa shape index (κ3) is 2.24. The van der Waals surface area contributed by atoms with Gasteiger partial charge in [0, 0.05) is 13.1 Å². The molecule has 24 heavy (non-hydrogen) atoms. The van der Waals surface area contributed by atoms with Gasteiger partial charge in [-0.05, 0) is 12.1 Å². The molecule has 0 spiro atoms. The number of rotatable bonds is 3. The normalized spacial score (nSPS) is 11.1. The van der Waals surface area contributed by atoms with Gasteiger partial charge in [0.1, 0.15) is 12.4 Å². The number of carboxylic acids is 1. The van der Waals surface area contributed by atoms with E-state index < -0.39 is 41.1 Å². The minimum absolute atomic E-state index is 0.127. The molecule has 2 aromatic heterocycles. The maximum absolute atomic E-state index is 13.4. The molecule has 1 aromatic carbocycles. The second kappa shape index (κ2) is 5.33. The summed E-state index contributed by atoms with van der Waals surface area (Å²) in [5.74, 6) is -3.61. The highest BCUT2D eigenvalue weighted by atomic mass is 19.1. The van der Waals surface area contributed by atoms with E-state index in [1.54, 1.807) is 0 Å². The molecule has 10 heteroatoms. The van der Waals surface area contributed by atoms with Gasteiger partial charge in [-0.3, -0.25) is 14.4 Å². The summed E-state index contributed by atoms with van der Waals surface area (Å²) in [5, 5.41) is 20.9. The van der Waals surface area contributed by atoms with E-state index in [1.165, 1.54) is 23.7 Å². The number of carbonyl (C=O) groups is 2. The fraction of sp³-hybridized carbons (Fsp3) is 0.143. The van der Waals surface area contributed by atoms with Crippen molar-refractivity contribution in [3.8, 4) is 5.75 Å². The summed E-state index contributed by atoms with van der Waals surface area (Å²) in [4.78, 5) is 39.0. The number of carbonyl (C=O) groups excluding carboxylic acids is 1. The lowest BCUT2D eigenvalue weighted by atomic mass is 10.2. The zero-order chi connectivity index (χ0) is 17.6. The Bertz CT molecular complexity index is 1070. The highest BCUT2D eigenvalue weighted by Gasteiger charge is 2.24. The largest absolute Gasteiger partial charge is 0.504 e. The van der Waals surface area contributed by atoms with E-state index >= 15 is 0 Å². The Kier molecular flexibility index (Phi) is 3.44. The molecule has 1 amide bonds. The lowest BCUT2D eigenvalue weighted by Gasteiger charge is -2.10. The van der Waals surface area contributed by atoms with E-state index in [0.717, 1.165) is 10.7 Å². The number of nitrogens with one attached hydrogen (secondary N) is 1. The number of hydrogen-bond donors (Lipinski definition) is 3. The van der Waals surface area contributed by atoms with E-state index in [0.29, 0.717) is 5.52 Å². The summed E-state index contributed by atoms with van der Waals surface area (Å²) in [6.45, 7) is -0.714. The van der Waals surface area contributed by atoms with Crippen LogP contribution < -0.4 is 10.9 Å². The number of fused-ring (bicyclic) bond motifs is 3. The van der Waals surface area contributed by atoms with Crippen molar-refractivity contribution < 1.29 is 24.2 Å². The van der Waals surface area contributed by atoms with Crippen LogP contribution in [-0.2, 0) is 11.8 Å². The van der Waals surface area contributed by atoms with Crippen molar-refractivity contribution in [3.05, 3.63) is 39.9 Å². The van der Waals surface area contributed by atoms with Gasteiger partial charge in [-0.25, -0.2) is 18.6 Å². The van der Waals surface area contributed by atoms with Gasteiger partial charge in [0.2, 0.25) is 0 Å². The lowest BCUT2D eigenvalue weighted by molar-refractivity contribution is -0.135. The molecule has 0 aliphatic carbocycles. The van der Waals surface area contributed by atoms with Crippen LogP contribution in [0.5, 0.6) is 5.75 Å². The minimum Gasteiger partial charge on any atom is -0.504 e. The standard InChI is InChI=1S/C14H11FN4O5/c1-18-14(24)10(13(23)16-5-9(20)21)11(22)12-17-7-3-2-6(15)4-8(7)19(12)18/h2-4,22H,5H2,1H3,(H,16,23)(H,20,21). The average Bonchev–Trinajstić information content (AvgIpc) is 2.90. The van der Waals surface area contributed by atoms with Crippen LogP contribution in [0.25, 0.3) is 16.7 Å². The van der Waals surface area contributed by atoms with Crippen LogP contribution in [0.4, 0.5) is 4.39 Å². The molecule has 0 atom stereocenters. The molecule has 3 rings (SSSR count). The summed E-state index contributed by atoms with van der Waals surface area (Å²) in [6.07, 6.45) is 0. The zero-order valence-corrected chi connectivity index (χ0v) is 12.3. The molecule has 0 bridgehead atoms. The number of aromatic nitrogens is 3. The Morgan fingerprint density at radius 1 is 1.38 bits per heavy atom. The van der Waals surface area contributed by atoms with Crippen molar-refractivity contribution in [3.63, 3.8) is 0 Å². The van der Waals surface area contributed by atoms with Crippen LogP contribution in [0.1, 0.15) is 10.4 Å². The monoisotopic (exact) mass is 334 g/mol. The van der Waals surface area contributed by atoms with Crippen molar-refractivity contribution in [2.24, 2.45) is 7.05 Å². The van der Waals surface area contributed by atoms with Crippen LogP contribution in [0.3, 0.4) is 0 Å². The van der Waals surface area contributed by atoms with Gasteiger partial charge in [0.15, 0.2) is 17.0 Å². The van der Waals surface area contributed by atoms with Gasteiger partial charge >= 0.3 is 5.97 Å². The highest BCUT2D eigenvalue weighted by molar-refractivity contribution is 6.00. The summed E-state index contributed by atoms with van der Waals surface area (Å²) < 4.78 is 15.6. The molecule has 124 valence electrons. The topological polar surface area (TPSA) is 126 Å². The molecule has 3 N–H and O–H groups in total. The third-order valence-electron chi connectivity index (χ3n) is 3.48. The predicted molar refractivity (Wildman–Crippen MR) is 79.5 cm³/mol. The van der Waals surface area contributed by atoms with E-state index in [1.807, 2.05) is 5.32 Å². The van der Waals surface area contributed by atoms with Crippen LogP contribution in [0.2, 0.25) is 0 Å². The SMILES string of the molecule is Cn1c(=O)c(C(=O)NCC(=O)O)c(O)c2nc3ccc(F)cc3n21. The first-order valence-electron chi connectivity index (χ1n) is 6.71. The van der Waals surface area contributed by atoms with Gasteiger partial charge in [0.05, 0.1) is 11.0 Å². The number of aryl methyl sites for hydroxylation is 1. The Labute approximate surface area is 132 Å². The molecule has 2 heterocycles. The number of nitrogens with zero attached hydrogens (tertiary/aromatic N) is 3. The Balaban J connectivity index is 2.30. The number of aliphatic carboxylic acids is 1. The summed E-state index contributed by atoms with van der Waals surface area (Å²) >= 11 is 0. The molecule has 3 aromatic rings. The fourth-order valence-electron chi connectivity index (χ4n) is 2.41. The van der Waals surface area contributed by atoms with Gasteiger partial charge in [-0.15, -0.1) is 0 Å². The fourth-order valence-corrected chi connectivity index (χ4v) is 2.41. The van der Waals surface area contributed by atoms with Crippen molar-refractivity contribution in [1.29, 1.82) is 0 Å². The molecular weight excluding hydrogens is 323 g/mol. The molecule has 0 saturated carbocycles. The number of aromatic hydroxyl groups is 1. The Morgan fingerprint density at radius 3 is 2.75 bits per heavy atom. The van der Waals surface area contributed by atoms with Crippen LogP contribution in [0, 0.1) is 5.82 Å². The van der Waals surface area contributed by atoms with Crippen LogP contribution in [-0.4, -0.2) is 42.8 Å². The van der Waals surface area contributed by atoms with Gasteiger partial charge < -0.3 is 15.5 Å². The smallest absolute Gasteiger partial charge is 0.322 e. The van der Waals surface area contributed by atoms with Crippen molar-refractivity contribution in [2.75, 3.05) is 6.54 Å². The van der Waals surface area contributed by atoms with E-state index in [2.05, 4.69) is 4.98 Å². The van der Waals surface area contributed by atoms with E-state index in [-0.39, 0.29) is 11.2 Å². The summed E-state index contributed by atoms with van der Waals surface area (Å²) in [5.41, 5.74) is -1.10. The molecule has 9 nitrogen and oxygen atoms in total. The van der Waals surface area contributed by atoms with Crippen molar-refractivity contribution in [1.82, 2.24) is 19.5 Å². The first-order chi connectivity index (χ1) is 11.3. The Hall–Kier alpha value is -3.43. The van der Waals surface area contributed by atoms with Crippen LogP contribution in [0.15, 0.2) is 23.0 Å². The van der Waals surface area contributed by atoms with Crippen molar-refractivity contribution >= 4 is 28.6 Å². The molecule has 0 aliphatic heterocycles. The lowest BCUT2D eigenvalue weighted by Crippen LogP contribution is -2.36. The van der Waals surface area contributed by atoms with Gasteiger partial charge in [0.25, 0.3) is 11.5 Å². The molecule has 0 fully saturated rings. The quantitative estimate of drug-likeness (QED) is 0.611. The molecule has 0 unspecified atom stereocenters. The minimum atomic E-state index is -1.30. The van der Waals surface area contributed by atoms with Gasteiger partial charge in [-0.1, -0.05) is 0 Å². The number of amides is 1. The zero-order valence-electron chi connectivity index (χ0n) is 12.3. The number of halogens is 1. The predicted octanol–water partition coefficient (Wildman–Crippen LogP) is -0.155. The maximum atomic E-state index is 13.4.